The van der Waals surface area contributed by atoms with Gasteiger partial charge in [0.05, 0.1) is 34.2 Å². The molecule has 1 amide bonds. The second-order valence-corrected chi connectivity index (χ2v) is 9.21. The van der Waals surface area contributed by atoms with Gasteiger partial charge < -0.3 is 10.1 Å². The summed E-state index contributed by atoms with van der Waals surface area (Å²) < 4.78 is 44.3. The molecule has 33 heavy (non-hydrogen) atoms. The number of ether oxygens (including phenoxy) is 1. The summed E-state index contributed by atoms with van der Waals surface area (Å²) in [6, 6.07) is 8.87. The molecule has 2 aromatic rings. The Balaban J connectivity index is 1.79. The molecular weight excluding hydrogens is 459 g/mol. The standard InChI is InChI=1S/C22H24F3N3O4S/c1-21(2,27-9-11-32-12-10-27)14-26-20(29)16-5-3-4-6-18(16)33-19-8-7-15(22(23,24)25)13-17(19)28(30)31/h3-8,13H,9-12,14H2,1-2H3,(H,26,29). The number of morpholine rings is 1. The third kappa shape index (κ3) is 6.24. The maximum Gasteiger partial charge on any atom is 0.416 e. The van der Waals surface area contributed by atoms with Gasteiger partial charge >= 0.3 is 6.18 Å². The molecule has 2 aromatic carbocycles. The van der Waals surface area contributed by atoms with E-state index in [1.165, 1.54) is 0 Å². The van der Waals surface area contributed by atoms with Gasteiger partial charge in [-0.15, -0.1) is 0 Å². The zero-order valence-corrected chi connectivity index (χ0v) is 19.0. The number of benzene rings is 2. The third-order valence-electron chi connectivity index (χ3n) is 5.38. The second kappa shape index (κ2) is 10.1. The first-order chi connectivity index (χ1) is 15.5. The van der Waals surface area contributed by atoms with Crippen molar-refractivity contribution in [3.05, 3.63) is 63.7 Å². The highest BCUT2D eigenvalue weighted by Crippen LogP contribution is 2.40. The average molecular weight is 484 g/mol. The highest BCUT2D eigenvalue weighted by molar-refractivity contribution is 7.99. The maximum absolute atomic E-state index is 13.0. The van der Waals surface area contributed by atoms with Crippen LogP contribution in [0.3, 0.4) is 0 Å². The monoisotopic (exact) mass is 483 g/mol. The molecule has 0 saturated carbocycles. The number of hydrogen-bond donors (Lipinski definition) is 1. The van der Waals surface area contributed by atoms with Crippen LogP contribution in [0.1, 0.15) is 29.8 Å². The number of rotatable bonds is 7. The summed E-state index contributed by atoms with van der Waals surface area (Å²) in [6.45, 7) is 7.17. The molecule has 0 aromatic heterocycles. The molecule has 1 N–H and O–H groups in total. The molecule has 3 rings (SSSR count). The predicted octanol–water partition coefficient (Wildman–Crippen LogP) is 4.61. The van der Waals surface area contributed by atoms with Gasteiger partial charge in [-0.1, -0.05) is 23.9 Å². The molecule has 1 saturated heterocycles. The van der Waals surface area contributed by atoms with Crippen LogP contribution in [0.2, 0.25) is 0 Å². The molecular formula is C22H24F3N3O4S. The van der Waals surface area contributed by atoms with Crippen LogP contribution in [-0.4, -0.2) is 54.1 Å². The quantitative estimate of drug-likeness (QED) is 0.458. The Morgan fingerprint density at radius 3 is 2.45 bits per heavy atom. The number of nitrogens with zero attached hydrogens (tertiary/aromatic N) is 2. The van der Waals surface area contributed by atoms with Crippen molar-refractivity contribution in [2.75, 3.05) is 32.8 Å². The van der Waals surface area contributed by atoms with Crippen LogP contribution in [0.4, 0.5) is 18.9 Å². The van der Waals surface area contributed by atoms with Crippen molar-refractivity contribution in [3.63, 3.8) is 0 Å². The number of nitrogens with one attached hydrogen (secondary N) is 1. The van der Waals surface area contributed by atoms with Gasteiger partial charge in [0.2, 0.25) is 0 Å². The lowest BCUT2D eigenvalue weighted by Gasteiger charge is -2.40. The fourth-order valence-electron chi connectivity index (χ4n) is 3.46. The number of alkyl halides is 3. The van der Waals surface area contributed by atoms with Crippen LogP contribution in [0, 0.1) is 10.1 Å². The van der Waals surface area contributed by atoms with E-state index in [9.17, 15) is 28.1 Å². The minimum atomic E-state index is -4.70. The van der Waals surface area contributed by atoms with E-state index in [2.05, 4.69) is 10.2 Å². The molecule has 178 valence electrons. The normalized spacial score (nSPS) is 15.3. The minimum Gasteiger partial charge on any atom is -0.379 e. The Hall–Kier alpha value is -2.63. The molecule has 1 aliphatic heterocycles. The van der Waals surface area contributed by atoms with Gasteiger partial charge in [0.15, 0.2) is 0 Å². The Morgan fingerprint density at radius 1 is 1.15 bits per heavy atom. The zero-order chi connectivity index (χ0) is 24.2. The van der Waals surface area contributed by atoms with Gasteiger partial charge in [-0.3, -0.25) is 19.8 Å². The molecule has 0 radical (unpaired) electrons. The molecule has 0 atom stereocenters. The molecule has 7 nitrogen and oxygen atoms in total. The Kier molecular flexibility index (Phi) is 7.65. The minimum absolute atomic E-state index is 0.0156. The van der Waals surface area contributed by atoms with E-state index in [1.807, 2.05) is 13.8 Å². The maximum atomic E-state index is 13.0. The average Bonchev–Trinajstić information content (AvgIpc) is 2.78. The fraction of sp³-hybridized carbons (Fsp3) is 0.409. The molecule has 0 spiro atoms. The van der Waals surface area contributed by atoms with Gasteiger partial charge in [0, 0.05) is 36.1 Å². The summed E-state index contributed by atoms with van der Waals surface area (Å²) >= 11 is 0.881. The molecule has 0 bridgehead atoms. The van der Waals surface area contributed by atoms with E-state index in [1.54, 1.807) is 24.3 Å². The van der Waals surface area contributed by atoms with E-state index < -0.39 is 22.4 Å². The number of carbonyl (C=O) groups is 1. The van der Waals surface area contributed by atoms with Crippen molar-refractivity contribution in [1.82, 2.24) is 10.2 Å². The third-order valence-corrected chi connectivity index (χ3v) is 6.52. The van der Waals surface area contributed by atoms with Crippen molar-refractivity contribution in [1.29, 1.82) is 0 Å². The van der Waals surface area contributed by atoms with Crippen molar-refractivity contribution < 1.29 is 27.6 Å². The van der Waals surface area contributed by atoms with Gasteiger partial charge in [0.25, 0.3) is 11.6 Å². The van der Waals surface area contributed by atoms with Gasteiger partial charge in [-0.2, -0.15) is 13.2 Å². The number of nitro groups is 1. The number of amides is 1. The fourth-order valence-corrected chi connectivity index (χ4v) is 4.49. The van der Waals surface area contributed by atoms with Crippen molar-refractivity contribution >= 4 is 23.4 Å². The van der Waals surface area contributed by atoms with E-state index in [-0.39, 0.29) is 21.9 Å². The van der Waals surface area contributed by atoms with E-state index in [0.717, 1.165) is 37.0 Å². The van der Waals surface area contributed by atoms with Crippen molar-refractivity contribution in [3.8, 4) is 0 Å². The van der Waals surface area contributed by atoms with Gasteiger partial charge in [0.1, 0.15) is 0 Å². The van der Waals surface area contributed by atoms with Crippen molar-refractivity contribution in [2.24, 2.45) is 0 Å². The summed E-state index contributed by atoms with van der Waals surface area (Å²) in [5.74, 6) is -0.367. The van der Waals surface area contributed by atoms with Crippen LogP contribution < -0.4 is 5.32 Å². The first kappa shape index (κ1) is 25.0. The molecule has 0 aliphatic carbocycles. The lowest BCUT2D eigenvalue weighted by Crippen LogP contribution is -2.55. The Bertz CT molecular complexity index is 1020. The van der Waals surface area contributed by atoms with Crippen molar-refractivity contribution in [2.45, 2.75) is 35.4 Å². The van der Waals surface area contributed by atoms with E-state index in [4.69, 9.17) is 4.74 Å². The van der Waals surface area contributed by atoms with Gasteiger partial charge in [-0.25, -0.2) is 0 Å². The Morgan fingerprint density at radius 2 is 1.82 bits per heavy atom. The van der Waals surface area contributed by atoms with Crippen LogP contribution in [0.5, 0.6) is 0 Å². The summed E-state index contributed by atoms with van der Waals surface area (Å²) in [4.78, 5) is 26.1. The zero-order valence-electron chi connectivity index (χ0n) is 18.1. The number of nitro benzene ring substituents is 1. The SMILES string of the molecule is CC(C)(CNC(=O)c1ccccc1Sc1ccc(C(F)(F)F)cc1[N+](=O)[O-])N1CCOCC1. The smallest absolute Gasteiger partial charge is 0.379 e. The summed E-state index contributed by atoms with van der Waals surface area (Å²) in [6.07, 6.45) is -4.70. The van der Waals surface area contributed by atoms with Crippen LogP contribution >= 0.6 is 11.8 Å². The summed E-state index contributed by atoms with van der Waals surface area (Å²) in [7, 11) is 0. The first-order valence-electron chi connectivity index (χ1n) is 10.2. The van der Waals surface area contributed by atoms with Crippen LogP contribution in [0.15, 0.2) is 52.3 Å². The highest BCUT2D eigenvalue weighted by atomic mass is 32.2. The molecule has 11 heteroatoms. The van der Waals surface area contributed by atoms with Crippen LogP contribution in [-0.2, 0) is 10.9 Å². The molecule has 1 fully saturated rings. The largest absolute Gasteiger partial charge is 0.416 e. The molecule has 0 unspecified atom stereocenters. The van der Waals surface area contributed by atoms with E-state index >= 15 is 0 Å². The lowest BCUT2D eigenvalue weighted by molar-refractivity contribution is -0.388. The van der Waals surface area contributed by atoms with E-state index in [0.29, 0.717) is 30.7 Å². The number of hydrogen-bond acceptors (Lipinski definition) is 6. The Labute approximate surface area is 193 Å². The summed E-state index contributed by atoms with van der Waals surface area (Å²) in [5.41, 5.74) is -1.80. The lowest BCUT2D eigenvalue weighted by atomic mass is 10.0. The van der Waals surface area contributed by atoms with Crippen LogP contribution in [0.25, 0.3) is 0 Å². The summed E-state index contributed by atoms with van der Waals surface area (Å²) in [5, 5.41) is 14.3. The number of halogens is 3. The second-order valence-electron chi connectivity index (χ2n) is 8.13. The highest BCUT2D eigenvalue weighted by Gasteiger charge is 2.33. The first-order valence-corrected chi connectivity index (χ1v) is 11.0. The number of carbonyl (C=O) groups excluding carboxylic acids is 1. The predicted molar refractivity (Wildman–Crippen MR) is 117 cm³/mol. The topological polar surface area (TPSA) is 84.7 Å². The van der Waals surface area contributed by atoms with Gasteiger partial charge in [-0.05, 0) is 38.1 Å². The molecule has 1 heterocycles. The molecule has 1 aliphatic rings.